The van der Waals surface area contributed by atoms with E-state index in [1.54, 1.807) is 18.2 Å². The number of ether oxygens (including phenoxy) is 1. The average molecular weight is 416 g/mol. The fourth-order valence-corrected chi connectivity index (χ4v) is 3.45. The van der Waals surface area contributed by atoms with Gasteiger partial charge in [-0.3, -0.25) is 4.79 Å². The van der Waals surface area contributed by atoms with E-state index in [0.717, 1.165) is 38.6 Å². The number of rotatable bonds is 6. The number of hydrogen-bond donors (Lipinski definition) is 0. The van der Waals surface area contributed by atoms with Crippen LogP contribution in [0.15, 0.2) is 57.9 Å². The van der Waals surface area contributed by atoms with Crippen LogP contribution in [0.1, 0.15) is 5.56 Å². The third-order valence-corrected chi connectivity index (χ3v) is 5.47. The van der Waals surface area contributed by atoms with E-state index >= 15 is 0 Å². The van der Waals surface area contributed by atoms with Gasteiger partial charge in [-0.1, -0.05) is 28.1 Å². The van der Waals surface area contributed by atoms with E-state index in [1.807, 2.05) is 6.07 Å². The minimum absolute atomic E-state index is 0.0444. The lowest BCUT2D eigenvalue weighted by Crippen LogP contribution is -2.33. The van der Waals surface area contributed by atoms with Crippen molar-refractivity contribution in [2.75, 3.05) is 13.6 Å². The smallest absolute Gasteiger partial charge is 0.321 e. The highest BCUT2D eigenvalue weighted by atomic mass is 79.9. The highest BCUT2D eigenvalue weighted by molar-refractivity contribution is 9.10. The summed E-state index contributed by atoms with van der Waals surface area (Å²) in [6.07, 6.45) is 0. The second-order valence-corrected chi connectivity index (χ2v) is 7.97. The van der Waals surface area contributed by atoms with E-state index in [1.165, 1.54) is 7.05 Å². The van der Waals surface area contributed by atoms with Gasteiger partial charge in [-0.15, -0.1) is 0 Å². The Kier molecular flexibility index (Phi) is 6.09. The van der Waals surface area contributed by atoms with Crippen molar-refractivity contribution in [2.45, 2.75) is 11.5 Å². The van der Waals surface area contributed by atoms with Crippen LogP contribution in [-0.4, -0.2) is 32.3 Å². The van der Waals surface area contributed by atoms with Crippen molar-refractivity contribution < 1.29 is 22.3 Å². The van der Waals surface area contributed by atoms with Crippen LogP contribution < -0.4 is 0 Å². The first-order valence-electron chi connectivity index (χ1n) is 6.91. The minimum atomic E-state index is -3.88. The minimum Gasteiger partial charge on any atom is -0.460 e. The molecule has 0 atom stereocenters. The van der Waals surface area contributed by atoms with Crippen molar-refractivity contribution in [2.24, 2.45) is 0 Å². The molecule has 0 aliphatic heterocycles. The van der Waals surface area contributed by atoms with Gasteiger partial charge in [0.2, 0.25) is 10.0 Å². The van der Waals surface area contributed by atoms with Gasteiger partial charge in [0.05, 0.1) is 4.90 Å². The van der Waals surface area contributed by atoms with Crippen LogP contribution in [0.4, 0.5) is 4.39 Å². The fourth-order valence-electron chi connectivity index (χ4n) is 1.89. The molecule has 0 saturated carbocycles. The van der Waals surface area contributed by atoms with Crippen molar-refractivity contribution in [3.05, 3.63) is 64.4 Å². The molecule has 0 amide bonds. The van der Waals surface area contributed by atoms with Gasteiger partial charge in [0.25, 0.3) is 0 Å². The Morgan fingerprint density at radius 3 is 2.50 bits per heavy atom. The van der Waals surface area contributed by atoms with E-state index < -0.39 is 28.4 Å². The maximum Gasteiger partial charge on any atom is 0.321 e. The molecule has 0 aliphatic rings. The number of nitrogens with zero attached hydrogens (tertiary/aromatic N) is 1. The molecule has 0 spiro atoms. The number of hydrogen-bond acceptors (Lipinski definition) is 4. The predicted molar refractivity (Wildman–Crippen MR) is 90.2 cm³/mol. The standard InChI is InChI=1S/C16H15BrFNO4S/c1-19(24(21,22)15-7-5-14(18)6-8-15)10-16(20)23-11-12-3-2-4-13(17)9-12/h2-9H,10-11H2,1H3. The van der Waals surface area contributed by atoms with E-state index in [2.05, 4.69) is 15.9 Å². The van der Waals surface area contributed by atoms with Crippen molar-refractivity contribution in [3.8, 4) is 0 Å². The molecule has 0 N–H and O–H groups in total. The maximum absolute atomic E-state index is 12.9. The molecule has 2 rings (SSSR count). The Bertz CT molecular complexity index is 824. The molecule has 5 nitrogen and oxygen atoms in total. The molecule has 0 heterocycles. The number of carbonyl (C=O) groups is 1. The number of benzene rings is 2. The van der Waals surface area contributed by atoms with Gasteiger partial charge in [-0.05, 0) is 42.0 Å². The van der Waals surface area contributed by atoms with Crippen LogP contribution in [0, 0.1) is 5.82 Å². The summed E-state index contributed by atoms with van der Waals surface area (Å²) in [4.78, 5) is 11.8. The van der Waals surface area contributed by atoms with Gasteiger partial charge in [-0.2, -0.15) is 4.31 Å². The largest absolute Gasteiger partial charge is 0.460 e. The van der Waals surface area contributed by atoms with E-state index in [4.69, 9.17) is 4.74 Å². The number of esters is 1. The second kappa shape index (κ2) is 7.87. The first-order valence-corrected chi connectivity index (χ1v) is 9.14. The topological polar surface area (TPSA) is 63.7 Å². The maximum atomic E-state index is 12.9. The lowest BCUT2D eigenvalue weighted by Gasteiger charge is -2.16. The van der Waals surface area contributed by atoms with Gasteiger partial charge in [0.1, 0.15) is 19.0 Å². The van der Waals surface area contributed by atoms with E-state index in [-0.39, 0.29) is 11.5 Å². The second-order valence-electron chi connectivity index (χ2n) is 5.01. The Balaban J connectivity index is 1.96. The summed E-state index contributed by atoms with van der Waals surface area (Å²) in [5, 5.41) is 0. The Morgan fingerprint density at radius 2 is 1.88 bits per heavy atom. The quantitative estimate of drug-likeness (QED) is 0.680. The monoisotopic (exact) mass is 415 g/mol. The molecule has 0 fully saturated rings. The average Bonchev–Trinajstić information content (AvgIpc) is 2.53. The Labute approximate surface area is 148 Å². The first-order chi connectivity index (χ1) is 11.3. The highest BCUT2D eigenvalue weighted by Crippen LogP contribution is 2.15. The van der Waals surface area contributed by atoms with Gasteiger partial charge >= 0.3 is 5.97 Å². The third kappa shape index (κ3) is 4.86. The first kappa shape index (κ1) is 18.6. The summed E-state index contributed by atoms with van der Waals surface area (Å²) in [6, 6.07) is 11.6. The molecule has 128 valence electrons. The molecule has 0 aromatic heterocycles. The normalized spacial score (nSPS) is 11.5. The molecule has 8 heteroatoms. The van der Waals surface area contributed by atoms with Crippen LogP contribution in [0.2, 0.25) is 0 Å². The lowest BCUT2D eigenvalue weighted by molar-refractivity contribution is -0.144. The summed E-state index contributed by atoms with van der Waals surface area (Å²) in [5.41, 5.74) is 0.779. The van der Waals surface area contributed by atoms with Crippen LogP contribution in [0.25, 0.3) is 0 Å². The van der Waals surface area contributed by atoms with Gasteiger partial charge in [-0.25, -0.2) is 12.8 Å². The fraction of sp³-hybridized carbons (Fsp3) is 0.188. The van der Waals surface area contributed by atoms with Crippen molar-refractivity contribution >= 4 is 31.9 Å². The predicted octanol–water partition coefficient (Wildman–Crippen LogP) is 2.95. The number of carbonyl (C=O) groups excluding carboxylic acids is 1. The zero-order valence-corrected chi connectivity index (χ0v) is 15.2. The molecular formula is C16H15BrFNO4S. The van der Waals surface area contributed by atoms with Crippen LogP contribution in [-0.2, 0) is 26.2 Å². The van der Waals surface area contributed by atoms with Crippen molar-refractivity contribution in [1.29, 1.82) is 0 Å². The molecular weight excluding hydrogens is 401 g/mol. The van der Waals surface area contributed by atoms with Gasteiger partial charge in [0.15, 0.2) is 0 Å². The van der Waals surface area contributed by atoms with E-state index in [0.29, 0.717) is 0 Å². The molecule has 24 heavy (non-hydrogen) atoms. The zero-order valence-electron chi connectivity index (χ0n) is 12.8. The lowest BCUT2D eigenvalue weighted by atomic mass is 10.2. The van der Waals surface area contributed by atoms with E-state index in [9.17, 15) is 17.6 Å². The van der Waals surface area contributed by atoms with Crippen LogP contribution in [0.5, 0.6) is 0 Å². The Hall–Kier alpha value is -1.77. The van der Waals surface area contributed by atoms with Crippen molar-refractivity contribution in [3.63, 3.8) is 0 Å². The molecule has 0 radical (unpaired) electrons. The molecule has 0 saturated heterocycles. The summed E-state index contributed by atoms with van der Waals surface area (Å²) in [7, 11) is -2.62. The summed E-state index contributed by atoms with van der Waals surface area (Å²) >= 11 is 3.31. The van der Waals surface area contributed by atoms with Crippen LogP contribution in [0.3, 0.4) is 0 Å². The number of halogens is 2. The number of sulfonamides is 1. The molecule has 0 aliphatic carbocycles. The van der Waals surface area contributed by atoms with Crippen LogP contribution >= 0.6 is 15.9 Å². The molecule has 2 aromatic carbocycles. The molecule has 2 aromatic rings. The van der Waals surface area contributed by atoms with Crippen molar-refractivity contribution in [1.82, 2.24) is 4.31 Å². The summed E-state index contributed by atoms with van der Waals surface area (Å²) < 4.78 is 44.3. The van der Waals surface area contributed by atoms with Gasteiger partial charge in [0, 0.05) is 11.5 Å². The molecule has 0 unspecified atom stereocenters. The van der Waals surface area contributed by atoms with Gasteiger partial charge < -0.3 is 4.74 Å². The third-order valence-electron chi connectivity index (χ3n) is 3.16. The zero-order chi connectivity index (χ0) is 17.7. The number of likely N-dealkylation sites (N-methyl/N-ethyl adjacent to an activating group) is 1. The summed E-state index contributed by atoms with van der Waals surface area (Å²) in [5.74, 6) is -1.21. The highest BCUT2D eigenvalue weighted by Gasteiger charge is 2.23. The Morgan fingerprint density at radius 1 is 1.21 bits per heavy atom. The SMILES string of the molecule is CN(CC(=O)OCc1cccc(Br)c1)S(=O)(=O)c1ccc(F)cc1. The summed E-state index contributed by atoms with van der Waals surface area (Å²) in [6.45, 7) is -0.392. The molecule has 0 bridgehead atoms.